The fourth-order valence-electron chi connectivity index (χ4n) is 3.87. The smallest absolute Gasteiger partial charge is 0.152 e. The summed E-state index contributed by atoms with van der Waals surface area (Å²) < 4.78 is 2.08. The largest absolute Gasteiger partial charge is 0.326 e. The molecule has 150 valence electrons. The molecule has 0 saturated carbocycles. The Balaban J connectivity index is 1.72. The van der Waals surface area contributed by atoms with Crippen LogP contribution in [0.3, 0.4) is 0 Å². The molecular formula is C27H22N3P. The first kappa shape index (κ1) is 19.4. The van der Waals surface area contributed by atoms with Gasteiger partial charge in [-0.25, -0.2) is 4.98 Å². The average Bonchev–Trinajstić information content (AvgIpc) is 3.14. The van der Waals surface area contributed by atoms with Gasteiger partial charge in [0, 0.05) is 18.2 Å². The summed E-state index contributed by atoms with van der Waals surface area (Å²) in [7, 11) is 4.86. The number of hydrogen-bond donors (Lipinski definition) is 0. The number of aliphatic imine (C=N–C) groups is 1. The normalized spacial score (nSPS) is 11.4. The van der Waals surface area contributed by atoms with Crippen molar-refractivity contribution in [2.75, 3.05) is 0 Å². The van der Waals surface area contributed by atoms with Crippen molar-refractivity contribution in [1.29, 1.82) is 0 Å². The SMILES string of the molecule is Cn1c(C=Nc2c(-c3ccccc3)cc(P)cc2-c2ccccc2)nc2ccccc21. The minimum Gasteiger partial charge on any atom is -0.326 e. The van der Waals surface area contributed by atoms with Crippen molar-refractivity contribution in [2.45, 2.75) is 0 Å². The van der Waals surface area contributed by atoms with Gasteiger partial charge in [-0.2, -0.15) is 0 Å². The topological polar surface area (TPSA) is 30.2 Å². The molecule has 0 saturated heterocycles. The molecule has 4 heteroatoms. The number of benzene rings is 4. The van der Waals surface area contributed by atoms with Crippen LogP contribution in [0.2, 0.25) is 0 Å². The van der Waals surface area contributed by atoms with Crippen molar-refractivity contribution < 1.29 is 0 Å². The van der Waals surface area contributed by atoms with E-state index < -0.39 is 0 Å². The van der Waals surface area contributed by atoms with Crippen LogP contribution in [-0.4, -0.2) is 15.8 Å². The predicted molar refractivity (Wildman–Crippen MR) is 135 cm³/mol. The Hall–Kier alpha value is -3.55. The molecule has 0 bridgehead atoms. The lowest BCUT2D eigenvalue weighted by atomic mass is 9.96. The van der Waals surface area contributed by atoms with Crippen LogP contribution >= 0.6 is 9.24 Å². The number of fused-ring (bicyclic) bond motifs is 1. The maximum Gasteiger partial charge on any atom is 0.152 e. The molecule has 1 aromatic heterocycles. The summed E-state index contributed by atoms with van der Waals surface area (Å²) in [6, 6.07) is 33.3. The number of nitrogens with zero attached hydrogens (tertiary/aromatic N) is 3. The van der Waals surface area contributed by atoms with Gasteiger partial charge in [-0.1, -0.05) is 72.8 Å². The number of hydrogen-bond acceptors (Lipinski definition) is 2. The highest BCUT2D eigenvalue weighted by Gasteiger charge is 2.13. The fourth-order valence-corrected chi connectivity index (χ4v) is 4.21. The van der Waals surface area contributed by atoms with E-state index in [1.165, 1.54) is 0 Å². The van der Waals surface area contributed by atoms with E-state index in [-0.39, 0.29) is 0 Å². The third kappa shape index (κ3) is 3.81. The lowest BCUT2D eigenvalue weighted by molar-refractivity contribution is 0.935. The van der Waals surface area contributed by atoms with Gasteiger partial charge >= 0.3 is 0 Å². The van der Waals surface area contributed by atoms with E-state index in [0.29, 0.717) is 0 Å². The zero-order chi connectivity index (χ0) is 21.2. The molecule has 0 radical (unpaired) electrons. The van der Waals surface area contributed by atoms with Crippen molar-refractivity contribution in [1.82, 2.24) is 9.55 Å². The third-order valence-electron chi connectivity index (χ3n) is 5.43. The van der Waals surface area contributed by atoms with Gasteiger partial charge < -0.3 is 4.57 Å². The molecule has 0 aliphatic rings. The molecule has 1 atom stereocenters. The molecule has 0 aliphatic carbocycles. The van der Waals surface area contributed by atoms with Gasteiger partial charge in [0.2, 0.25) is 0 Å². The third-order valence-corrected chi connectivity index (χ3v) is 5.77. The summed E-state index contributed by atoms with van der Waals surface area (Å²) in [6.07, 6.45) is 1.87. The fraction of sp³-hybridized carbons (Fsp3) is 0.0370. The van der Waals surface area contributed by atoms with E-state index in [0.717, 1.165) is 50.1 Å². The molecule has 31 heavy (non-hydrogen) atoms. The van der Waals surface area contributed by atoms with Gasteiger partial charge in [-0.3, -0.25) is 4.99 Å². The van der Waals surface area contributed by atoms with Crippen LogP contribution in [0.15, 0.2) is 102 Å². The molecular weight excluding hydrogens is 397 g/mol. The number of aromatic nitrogens is 2. The molecule has 0 spiro atoms. The standard InChI is InChI=1S/C27H22N3P/c1-30-25-15-9-8-14-24(25)29-26(30)18-28-27-22(19-10-4-2-5-11-19)16-21(31)17-23(27)20-12-6-3-7-13-20/h2-18H,31H2,1H3. The first-order valence-electron chi connectivity index (χ1n) is 10.2. The Morgan fingerprint density at radius 2 is 1.32 bits per heavy atom. The quantitative estimate of drug-likeness (QED) is 0.254. The molecule has 0 amide bonds. The van der Waals surface area contributed by atoms with Gasteiger partial charge in [0.05, 0.1) is 22.9 Å². The van der Waals surface area contributed by atoms with E-state index in [2.05, 4.69) is 80.5 Å². The molecule has 0 fully saturated rings. The lowest BCUT2D eigenvalue weighted by Gasteiger charge is -2.14. The van der Waals surface area contributed by atoms with Crippen LogP contribution in [0.4, 0.5) is 5.69 Å². The van der Waals surface area contributed by atoms with Gasteiger partial charge in [0.15, 0.2) is 5.82 Å². The minimum absolute atomic E-state index is 0.828. The molecule has 1 unspecified atom stereocenters. The van der Waals surface area contributed by atoms with Crippen LogP contribution in [-0.2, 0) is 7.05 Å². The maximum atomic E-state index is 5.01. The van der Waals surface area contributed by atoms with Crippen LogP contribution in [0, 0.1) is 0 Å². The van der Waals surface area contributed by atoms with Gasteiger partial charge in [0.25, 0.3) is 0 Å². The van der Waals surface area contributed by atoms with Crippen LogP contribution in [0.1, 0.15) is 5.82 Å². The Morgan fingerprint density at radius 1 is 0.774 bits per heavy atom. The summed E-state index contributed by atoms with van der Waals surface area (Å²) in [6.45, 7) is 0. The van der Waals surface area contributed by atoms with Gasteiger partial charge in [-0.05, 0) is 40.7 Å². The summed E-state index contributed by atoms with van der Waals surface area (Å²) in [5.74, 6) is 0.828. The minimum atomic E-state index is 0.828. The highest BCUT2D eigenvalue weighted by molar-refractivity contribution is 7.27. The zero-order valence-corrected chi connectivity index (χ0v) is 18.4. The van der Waals surface area contributed by atoms with Gasteiger partial charge in [0.1, 0.15) is 0 Å². The van der Waals surface area contributed by atoms with Crippen molar-refractivity contribution in [2.24, 2.45) is 12.0 Å². The molecule has 4 aromatic carbocycles. The number of rotatable bonds is 4. The summed E-state index contributed by atoms with van der Waals surface area (Å²) in [4.78, 5) is 9.77. The first-order valence-corrected chi connectivity index (χ1v) is 10.8. The molecule has 5 rings (SSSR count). The van der Waals surface area contributed by atoms with E-state index in [1.54, 1.807) is 0 Å². The molecule has 1 heterocycles. The second-order valence-corrected chi connectivity index (χ2v) is 8.14. The Bertz CT molecular complexity index is 1330. The molecule has 0 aliphatic heterocycles. The second-order valence-electron chi connectivity index (χ2n) is 7.47. The zero-order valence-electron chi connectivity index (χ0n) is 17.2. The Labute approximate surface area is 184 Å². The molecule has 3 nitrogen and oxygen atoms in total. The van der Waals surface area contributed by atoms with E-state index in [4.69, 9.17) is 9.98 Å². The summed E-state index contributed by atoms with van der Waals surface area (Å²) in [5.41, 5.74) is 7.48. The summed E-state index contributed by atoms with van der Waals surface area (Å²) >= 11 is 0. The van der Waals surface area contributed by atoms with E-state index in [9.17, 15) is 0 Å². The number of aryl methyl sites for hydroxylation is 1. The number of imidazole rings is 1. The second kappa shape index (κ2) is 8.29. The van der Waals surface area contributed by atoms with Crippen LogP contribution < -0.4 is 5.30 Å². The monoisotopic (exact) mass is 419 g/mol. The highest BCUT2D eigenvalue weighted by Crippen LogP contribution is 2.39. The highest BCUT2D eigenvalue weighted by atomic mass is 31.0. The first-order chi connectivity index (χ1) is 15.2. The van der Waals surface area contributed by atoms with Crippen LogP contribution in [0.5, 0.6) is 0 Å². The Morgan fingerprint density at radius 3 is 1.90 bits per heavy atom. The van der Waals surface area contributed by atoms with E-state index >= 15 is 0 Å². The van der Waals surface area contributed by atoms with Crippen molar-refractivity contribution in [3.05, 3.63) is 103 Å². The van der Waals surface area contributed by atoms with Crippen LogP contribution in [0.25, 0.3) is 33.3 Å². The number of para-hydroxylation sites is 2. The van der Waals surface area contributed by atoms with Gasteiger partial charge in [-0.15, -0.1) is 9.24 Å². The van der Waals surface area contributed by atoms with Crippen molar-refractivity contribution >= 4 is 37.5 Å². The predicted octanol–water partition coefficient (Wildman–Crippen LogP) is 6.16. The molecule has 5 aromatic rings. The summed E-state index contributed by atoms with van der Waals surface area (Å²) in [5, 5.41) is 1.12. The average molecular weight is 419 g/mol. The molecule has 0 N–H and O–H groups in total. The van der Waals surface area contributed by atoms with E-state index in [1.807, 2.05) is 43.6 Å². The van der Waals surface area contributed by atoms with Crippen molar-refractivity contribution in [3.8, 4) is 22.3 Å². The van der Waals surface area contributed by atoms with Crippen molar-refractivity contribution in [3.63, 3.8) is 0 Å². The maximum absolute atomic E-state index is 5.01. The Kier molecular flexibility index (Phi) is 5.19. The lowest BCUT2D eigenvalue weighted by Crippen LogP contribution is -1.98.